The van der Waals surface area contributed by atoms with Crippen molar-refractivity contribution in [3.8, 4) is 0 Å². The molecule has 0 radical (unpaired) electrons. The highest BCUT2D eigenvalue weighted by molar-refractivity contribution is 7.99. The van der Waals surface area contributed by atoms with Crippen LogP contribution in [0.3, 0.4) is 0 Å². The van der Waals surface area contributed by atoms with Gasteiger partial charge in [0.15, 0.2) is 0 Å². The van der Waals surface area contributed by atoms with Crippen LogP contribution in [-0.4, -0.2) is 33.8 Å². The predicted molar refractivity (Wildman–Crippen MR) is 76.5 cm³/mol. The largest absolute Gasteiger partial charge is 0.344 e. The highest BCUT2D eigenvalue weighted by Crippen LogP contribution is 2.28. The molecule has 1 aromatic carbocycles. The second-order valence-corrected chi connectivity index (χ2v) is 5.15. The summed E-state index contributed by atoms with van der Waals surface area (Å²) in [7, 11) is 0. The van der Waals surface area contributed by atoms with Gasteiger partial charge in [-0.05, 0) is 32.0 Å². The molecule has 0 N–H and O–H groups in total. The van der Waals surface area contributed by atoms with Gasteiger partial charge in [-0.1, -0.05) is 23.9 Å². The molecule has 1 aromatic heterocycles. The van der Waals surface area contributed by atoms with E-state index in [1.54, 1.807) is 35.4 Å². The number of hydrogen-bond acceptors (Lipinski definition) is 3. The van der Waals surface area contributed by atoms with Gasteiger partial charge in [-0.3, -0.25) is 0 Å². The lowest BCUT2D eigenvalue weighted by atomic mass is 10.3. The van der Waals surface area contributed by atoms with Gasteiger partial charge in [0.25, 0.3) is 0 Å². The third-order valence-corrected chi connectivity index (χ3v) is 3.82. The molecule has 0 spiro atoms. The zero-order valence-corrected chi connectivity index (χ0v) is 12.2. The van der Waals surface area contributed by atoms with E-state index < -0.39 is 0 Å². The molecule has 0 atom stereocenters. The summed E-state index contributed by atoms with van der Waals surface area (Å²) in [6, 6.07) is 8.03. The number of amides is 1. The highest BCUT2D eigenvalue weighted by atomic mass is 32.2. The van der Waals surface area contributed by atoms with Crippen molar-refractivity contribution in [1.29, 1.82) is 0 Å². The zero-order chi connectivity index (χ0) is 14.5. The molecule has 0 aliphatic heterocycles. The number of nitrogens with zero attached hydrogens (tertiary/aromatic N) is 3. The van der Waals surface area contributed by atoms with Crippen LogP contribution >= 0.6 is 11.8 Å². The van der Waals surface area contributed by atoms with Crippen molar-refractivity contribution in [2.45, 2.75) is 23.8 Å². The molecule has 0 saturated carbocycles. The molecule has 1 amide bonds. The maximum absolute atomic E-state index is 13.5. The molecule has 1 heterocycles. The normalized spacial score (nSPS) is 10.6. The Morgan fingerprint density at radius 3 is 2.65 bits per heavy atom. The number of hydrogen-bond donors (Lipinski definition) is 0. The molecule has 0 unspecified atom stereocenters. The maximum Gasteiger partial charge on any atom is 0.344 e. The van der Waals surface area contributed by atoms with Gasteiger partial charge in [0, 0.05) is 24.2 Å². The number of carbonyl (C=O) groups excluding carboxylic acids is 1. The minimum absolute atomic E-state index is 0.171. The molecular weight excluding hydrogens is 277 g/mol. The monoisotopic (exact) mass is 293 g/mol. The van der Waals surface area contributed by atoms with Crippen LogP contribution < -0.4 is 0 Å². The molecule has 4 nitrogen and oxygen atoms in total. The average Bonchev–Trinajstić information content (AvgIpc) is 2.91. The Morgan fingerprint density at radius 2 is 2.00 bits per heavy atom. The van der Waals surface area contributed by atoms with Crippen LogP contribution in [0.1, 0.15) is 13.8 Å². The number of aromatic nitrogens is 2. The Kier molecular flexibility index (Phi) is 4.79. The maximum atomic E-state index is 13.5. The fourth-order valence-corrected chi connectivity index (χ4v) is 2.54. The number of carbonyl (C=O) groups is 1. The first-order valence-electron chi connectivity index (χ1n) is 6.43. The number of benzene rings is 1. The Bertz CT molecular complexity index is 596. The van der Waals surface area contributed by atoms with Crippen LogP contribution in [0.15, 0.2) is 46.5 Å². The van der Waals surface area contributed by atoms with Crippen molar-refractivity contribution in [3.05, 3.63) is 42.3 Å². The van der Waals surface area contributed by atoms with E-state index in [1.165, 1.54) is 22.5 Å². The second-order valence-electron chi connectivity index (χ2n) is 4.09. The predicted octanol–water partition coefficient (Wildman–Crippen LogP) is 3.48. The summed E-state index contributed by atoms with van der Waals surface area (Å²) >= 11 is 1.20. The minimum atomic E-state index is -0.290. The van der Waals surface area contributed by atoms with Gasteiger partial charge in [-0.15, -0.1) is 0 Å². The highest BCUT2D eigenvalue weighted by Gasteiger charge is 2.14. The van der Waals surface area contributed by atoms with Crippen LogP contribution in [0.25, 0.3) is 0 Å². The van der Waals surface area contributed by atoms with Crippen LogP contribution in [-0.2, 0) is 0 Å². The fraction of sp³-hybridized carbons (Fsp3) is 0.286. The Hall–Kier alpha value is -1.82. The van der Waals surface area contributed by atoms with Gasteiger partial charge in [0.1, 0.15) is 10.8 Å². The lowest BCUT2D eigenvalue weighted by Crippen LogP contribution is -2.34. The molecule has 0 saturated heterocycles. The molecule has 6 heteroatoms. The van der Waals surface area contributed by atoms with E-state index in [-0.39, 0.29) is 11.8 Å². The first kappa shape index (κ1) is 14.6. The molecule has 0 aliphatic carbocycles. The van der Waals surface area contributed by atoms with Gasteiger partial charge >= 0.3 is 6.03 Å². The van der Waals surface area contributed by atoms with Crippen molar-refractivity contribution in [2.24, 2.45) is 0 Å². The third-order valence-electron chi connectivity index (χ3n) is 2.85. The molecule has 20 heavy (non-hydrogen) atoms. The molecule has 2 rings (SSSR count). The lowest BCUT2D eigenvalue weighted by molar-refractivity contribution is 0.201. The zero-order valence-electron chi connectivity index (χ0n) is 11.4. The Balaban J connectivity index is 2.13. The summed E-state index contributed by atoms with van der Waals surface area (Å²) in [6.07, 6.45) is 1.60. The second kappa shape index (κ2) is 6.56. The van der Waals surface area contributed by atoms with E-state index in [9.17, 15) is 9.18 Å². The van der Waals surface area contributed by atoms with Crippen molar-refractivity contribution < 1.29 is 9.18 Å². The fourth-order valence-electron chi connectivity index (χ4n) is 1.75. The van der Waals surface area contributed by atoms with Crippen LogP contribution in [0.2, 0.25) is 0 Å². The van der Waals surface area contributed by atoms with E-state index in [4.69, 9.17) is 0 Å². The standard InChI is InChI=1S/C14H16FN3OS/c1-3-17(4-2)14(19)18-10-9-13(16-18)20-12-8-6-5-7-11(12)15/h5-10H,3-4H2,1-2H3. The van der Waals surface area contributed by atoms with Crippen LogP contribution in [0.4, 0.5) is 9.18 Å². The summed E-state index contributed by atoms with van der Waals surface area (Å²) in [4.78, 5) is 14.2. The van der Waals surface area contributed by atoms with E-state index >= 15 is 0 Å². The van der Waals surface area contributed by atoms with E-state index in [1.807, 2.05) is 13.8 Å². The SMILES string of the molecule is CCN(CC)C(=O)n1ccc(Sc2ccccc2F)n1. The third kappa shape index (κ3) is 3.19. The Morgan fingerprint density at radius 1 is 1.30 bits per heavy atom. The smallest absolute Gasteiger partial charge is 0.323 e. The minimum Gasteiger partial charge on any atom is -0.323 e. The van der Waals surface area contributed by atoms with Gasteiger partial charge in [0.2, 0.25) is 0 Å². The van der Waals surface area contributed by atoms with Gasteiger partial charge in [-0.25, -0.2) is 9.18 Å². The van der Waals surface area contributed by atoms with Gasteiger partial charge in [-0.2, -0.15) is 9.78 Å². The first-order chi connectivity index (χ1) is 9.65. The van der Waals surface area contributed by atoms with E-state index in [0.29, 0.717) is 23.0 Å². The van der Waals surface area contributed by atoms with Crippen LogP contribution in [0.5, 0.6) is 0 Å². The lowest BCUT2D eigenvalue weighted by Gasteiger charge is -2.17. The number of halogens is 1. The van der Waals surface area contributed by atoms with Gasteiger partial charge < -0.3 is 4.90 Å². The molecular formula is C14H16FN3OS. The summed E-state index contributed by atoms with van der Waals surface area (Å²) in [5.74, 6) is -0.290. The average molecular weight is 293 g/mol. The summed E-state index contributed by atoms with van der Waals surface area (Å²) < 4.78 is 14.8. The molecule has 2 aromatic rings. The number of rotatable bonds is 4. The van der Waals surface area contributed by atoms with E-state index in [2.05, 4.69) is 5.10 Å². The van der Waals surface area contributed by atoms with Crippen molar-refractivity contribution in [2.75, 3.05) is 13.1 Å². The van der Waals surface area contributed by atoms with Gasteiger partial charge in [0.05, 0.1) is 0 Å². The van der Waals surface area contributed by atoms with Crippen molar-refractivity contribution in [1.82, 2.24) is 14.7 Å². The molecule has 106 valence electrons. The van der Waals surface area contributed by atoms with Crippen molar-refractivity contribution >= 4 is 17.8 Å². The molecule has 0 fully saturated rings. The topological polar surface area (TPSA) is 38.1 Å². The van der Waals surface area contributed by atoms with Crippen molar-refractivity contribution in [3.63, 3.8) is 0 Å². The first-order valence-corrected chi connectivity index (χ1v) is 7.24. The summed E-state index contributed by atoms with van der Waals surface area (Å²) in [6.45, 7) is 5.09. The quantitative estimate of drug-likeness (QED) is 0.866. The Labute approximate surface area is 121 Å². The van der Waals surface area contributed by atoms with Crippen LogP contribution in [0, 0.1) is 5.82 Å². The summed E-state index contributed by atoms with van der Waals surface area (Å²) in [5.41, 5.74) is 0. The van der Waals surface area contributed by atoms with E-state index in [0.717, 1.165) is 0 Å². The summed E-state index contributed by atoms with van der Waals surface area (Å²) in [5, 5.41) is 4.78. The molecule has 0 bridgehead atoms. The molecule has 0 aliphatic rings.